The van der Waals surface area contributed by atoms with E-state index >= 15 is 0 Å². The maximum absolute atomic E-state index is 2.47. The van der Waals surface area contributed by atoms with E-state index in [1.54, 1.807) is 5.57 Å². The Balaban J connectivity index is 2.29. The zero-order valence-electron chi connectivity index (χ0n) is 13.8. The summed E-state index contributed by atoms with van der Waals surface area (Å²) in [5.41, 5.74) is 3.46. The Morgan fingerprint density at radius 3 is 2.45 bits per heavy atom. The van der Waals surface area contributed by atoms with Gasteiger partial charge < -0.3 is 0 Å². The summed E-state index contributed by atoms with van der Waals surface area (Å²) in [4.78, 5) is 0. The zero-order valence-corrected chi connectivity index (χ0v) is 13.8. The van der Waals surface area contributed by atoms with E-state index in [-0.39, 0.29) is 0 Å². The van der Waals surface area contributed by atoms with Gasteiger partial charge >= 0.3 is 0 Å². The molecule has 0 N–H and O–H groups in total. The first-order valence-corrected chi connectivity index (χ1v) is 8.16. The van der Waals surface area contributed by atoms with Gasteiger partial charge in [0.15, 0.2) is 0 Å². The molecule has 1 aromatic carbocycles. The van der Waals surface area contributed by atoms with Crippen LogP contribution in [0.15, 0.2) is 42.0 Å². The first-order chi connectivity index (χ1) is 9.48. The molecule has 0 nitrogen and oxygen atoms in total. The van der Waals surface area contributed by atoms with Crippen LogP contribution in [0.1, 0.15) is 59.4 Å². The predicted octanol–water partition coefficient (Wildman–Crippen LogP) is 5.98. The fourth-order valence-corrected chi connectivity index (χ4v) is 4.04. The van der Waals surface area contributed by atoms with Crippen LogP contribution in [0.5, 0.6) is 0 Å². The molecular weight excluding hydrogens is 240 g/mol. The van der Waals surface area contributed by atoms with E-state index in [0.717, 1.165) is 17.8 Å². The molecule has 0 amide bonds. The van der Waals surface area contributed by atoms with Gasteiger partial charge in [-0.3, -0.25) is 0 Å². The van der Waals surface area contributed by atoms with Crippen LogP contribution in [-0.4, -0.2) is 0 Å². The lowest BCUT2D eigenvalue weighted by molar-refractivity contribution is 0.145. The molecule has 3 unspecified atom stereocenters. The van der Waals surface area contributed by atoms with Crippen molar-refractivity contribution in [3.05, 3.63) is 47.5 Å². The third-order valence-corrected chi connectivity index (χ3v) is 5.58. The van der Waals surface area contributed by atoms with Crippen molar-refractivity contribution in [1.82, 2.24) is 0 Å². The number of hydrogen-bond acceptors (Lipinski definition) is 0. The Morgan fingerprint density at radius 1 is 1.25 bits per heavy atom. The van der Waals surface area contributed by atoms with Crippen LogP contribution in [0.4, 0.5) is 0 Å². The first kappa shape index (κ1) is 15.4. The number of rotatable bonds is 3. The maximum Gasteiger partial charge on any atom is -0.00694 e. The third kappa shape index (κ3) is 3.00. The van der Waals surface area contributed by atoms with E-state index in [9.17, 15) is 0 Å². The highest BCUT2D eigenvalue weighted by Gasteiger charge is 2.40. The topological polar surface area (TPSA) is 0 Å². The summed E-state index contributed by atoms with van der Waals surface area (Å²) in [7, 11) is 0. The standard InChI is InChI=1S/C20H30/c1-6-16(4)19-14-20(5,13-12-18(19)15(2)3)17-10-8-7-9-11-17/h6-11,15,18-19H,12-14H2,1-5H3/b16-6+. The molecule has 1 aliphatic carbocycles. The van der Waals surface area contributed by atoms with E-state index in [1.807, 2.05) is 0 Å². The normalized spacial score (nSPS) is 31.6. The van der Waals surface area contributed by atoms with Gasteiger partial charge in [0, 0.05) is 0 Å². The van der Waals surface area contributed by atoms with Crippen molar-refractivity contribution >= 4 is 0 Å². The lowest BCUT2D eigenvalue weighted by Crippen LogP contribution is -2.37. The number of hydrogen-bond donors (Lipinski definition) is 0. The van der Waals surface area contributed by atoms with Gasteiger partial charge in [-0.05, 0) is 61.8 Å². The summed E-state index contributed by atoms with van der Waals surface area (Å²) in [5, 5.41) is 0. The zero-order chi connectivity index (χ0) is 14.8. The van der Waals surface area contributed by atoms with Crippen molar-refractivity contribution in [2.24, 2.45) is 17.8 Å². The molecule has 0 radical (unpaired) electrons. The van der Waals surface area contributed by atoms with Crippen molar-refractivity contribution in [3.63, 3.8) is 0 Å². The van der Waals surface area contributed by atoms with Crippen molar-refractivity contribution in [2.45, 2.75) is 59.3 Å². The fourth-order valence-electron chi connectivity index (χ4n) is 4.04. The van der Waals surface area contributed by atoms with E-state index < -0.39 is 0 Å². The van der Waals surface area contributed by atoms with Gasteiger partial charge in [-0.2, -0.15) is 0 Å². The predicted molar refractivity (Wildman–Crippen MR) is 88.9 cm³/mol. The van der Waals surface area contributed by atoms with Crippen LogP contribution in [-0.2, 0) is 5.41 Å². The molecule has 0 aromatic heterocycles. The highest BCUT2D eigenvalue weighted by Crippen LogP contribution is 2.48. The van der Waals surface area contributed by atoms with Crippen molar-refractivity contribution < 1.29 is 0 Å². The Labute approximate surface area is 125 Å². The number of benzene rings is 1. The molecule has 0 bridgehead atoms. The van der Waals surface area contributed by atoms with Crippen LogP contribution in [0.2, 0.25) is 0 Å². The van der Waals surface area contributed by atoms with E-state index in [0.29, 0.717) is 5.41 Å². The van der Waals surface area contributed by atoms with Gasteiger partial charge in [-0.15, -0.1) is 0 Å². The smallest absolute Gasteiger partial charge is 0.00694 e. The van der Waals surface area contributed by atoms with E-state index in [1.165, 1.54) is 24.8 Å². The quantitative estimate of drug-likeness (QED) is 0.592. The van der Waals surface area contributed by atoms with Gasteiger partial charge in [0.2, 0.25) is 0 Å². The number of allylic oxidation sites excluding steroid dienone is 2. The van der Waals surface area contributed by atoms with Gasteiger partial charge in [0.05, 0.1) is 0 Å². The molecule has 20 heavy (non-hydrogen) atoms. The molecule has 1 fully saturated rings. The summed E-state index contributed by atoms with van der Waals surface area (Å²) < 4.78 is 0. The largest absolute Gasteiger partial charge is 0.0884 e. The third-order valence-electron chi connectivity index (χ3n) is 5.58. The minimum Gasteiger partial charge on any atom is -0.0884 e. The molecule has 3 atom stereocenters. The van der Waals surface area contributed by atoms with Crippen LogP contribution < -0.4 is 0 Å². The van der Waals surface area contributed by atoms with E-state index in [4.69, 9.17) is 0 Å². The van der Waals surface area contributed by atoms with Crippen molar-refractivity contribution in [1.29, 1.82) is 0 Å². The fraction of sp³-hybridized carbons (Fsp3) is 0.600. The van der Waals surface area contributed by atoms with Gasteiger partial charge in [-0.25, -0.2) is 0 Å². The van der Waals surface area contributed by atoms with Crippen LogP contribution in [0, 0.1) is 17.8 Å². The summed E-state index contributed by atoms with van der Waals surface area (Å²) in [5.74, 6) is 2.39. The molecule has 0 heteroatoms. The molecule has 0 aliphatic heterocycles. The molecule has 0 saturated heterocycles. The lowest BCUT2D eigenvalue weighted by Gasteiger charge is -2.45. The van der Waals surface area contributed by atoms with Crippen LogP contribution in [0.25, 0.3) is 0 Å². The average Bonchev–Trinajstić information content (AvgIpc) is 2.47. The van der Waals surface area contributed by atoms with Crippen molar-refractivity contribution in [3.8, 4) is 0 Å². The minimum atomic E-state index is 0.349. The average molecular weight is 270 g/mol. The molecule has 1 aromatic rings. The Morgan fingerprint density at radius 2 is 1.90 bits per heavy atom. The molecule has 0 heterocycles. The first-order valence-electron chi connectivity index (χ1n) is 8.16. The summed E-state index contributed by atoms with van der Waals surface area (Å²) in [6.07, 6.45) is 6.32. The van der Waals surface area contributed by atoms with E-state index in [2.05, 4.69) is 71.0 Å². The van der Waals surface area contributed by atoms with Crippen molar-refractivity contribution in [2.75, 3.05) is 0 Å². The Kier molecular flexibility index (Phi) is 4.73. The monoisotopic (exact) mass is 270 g/mol. The summed E-state index contributed by atoms with van der Waals surface area (Å²) in [6.45, 7) is 11.8. The maximum atomic E-state index is 2.47. The lowest BCUT2D eigenvalue weighted by atomic mass is 9.59. The Hall–Kier alpha value is -1.04. The molecule has 1 saturated carbocycles. The highest BCUT2D eigenvalue weighted by atomic mass is 14.4. The highest BCUT2D eigenvalue weighted by molar-refractivity contribution is 5.27. The second-order valence-electron chi connectivity index (χ2n) is 7.22. The minimum absolute atomic E-state index is 0.349. The Bertz CT molecular complexity index is 454. The molecular formula is C20H30. The summed E-state index contributed by atoms with van der Waals surface area (Å²) >= 11 is 0. The molecule has 110 valence electrons. The SMILES string of the molecule is C/C=C(\C)C1CC(C)(c2ccccc2)CCC1C(C)C. The van der Waals surface area contributed by atoms with Gasteiger partial charge in [0.1, 0.15) is 0 Å². The molecule has 2 rings (SSSR count). The second kappa shape index (κ2) is 6.16. The van der Waals surface area contributed by atoms with Gasteiger partial charge in [0.25, 0.3) is 0 Å². The second-order valence-corrected chi connectivity index (χ2v) is 7.22. The van der Waals surface area contributed by atoms with Crippen LogP contribution in [0.3, 0.4) is 0 Å². The molecule has 1 aliphatic rings. The van der Waals surface area contributed by atoms with Gasteiger partial charge in [-0.1, -0.05) is 62.8 Å². The molecule has 0 spiro atoms. The summed E-state index contributed by atoms with van der Waals surface area (Å²) in [6, 6.07) is 11.1. The van der Waals surface area contributed by atoms with Crippen LogP contribution >= 0.6 is 0 Å².